The van der Waals surface area contributed by atoms with Gasteiger partial charge in [-0.25, -0.2) is 0 Å². The van der Waals surface area contributed by atoms with Gasteiger partial charge in [-0.15, -0.1) is 0 Å². The molecular weight excluding hydrogens is 288 g/mol. The van der Waals surface area contributed by atoms with Gasteiger partial charge in [0.15, 0.2) is 5.78 Å². The maximum absolute atomic E-state index is 12.8. The molecule has 1 N–H and O–H groups in total. The van der Waals surface area contributed by atoms with E-state index in [9.17, 15) is 9.90 Å². The monoisotopic (exact) mass is 316 g/mol. The zero-order chi connectivity index (χ0) is 16.6. The van der Waals surface area contributed by atoms with Crippen LogP contribution in [0.1, 0.15) is 80.5 Å². The van der Waals surface area contributed by atoms with Crippen molar-refractivity contribution in [3.8, 4) is 0 Å². The first-order valence-corrected chi connectivity index (χ1v) is 9.05. The van der Waals surface area contributed by atoms with Gasteiger partial charge < -0.3 is 9.52 Å². The number of rotatable bonds is 0. The van der Waals surface area contributed by atoms with Crippen molar-refractivity contribution in [2.45, 2.75) is 71.8 Å². The Bertz CT molecular complexity index is 656. The van der Waals surface area contributed by atoms with Crippen molar-refractivity contribution in [2.24, 2.45) is 22.7 Å². The third-order valence-electron chi connectivity index (χ3n) is 7.49. The first-order chi connectivity index (χ1) is 10.8. The third kappa shape index (κ3) is 1.95. The molecule has 4 rings (SSSR count). The first kappa shape index (κ1) is 15.4. The number of Topliss-reactive ketones (excluding diaryl/α,β-unsaturated/α-hetero) is 1. The average Bonchev–Trinajstić information content (AvgIpc) is 2.84. The van der Waals surface area contributed by atoms with E-state index in [1.54, 1.807) is 6.26 Å². The normalized spacial score (nSPS) is 41.9. The van der Waals surface area contributed by atoms with Gasteiger partial charge in [-0.3, -0.25) is 4.79 Å². The average molecular weight is 316 g/mol. The second-order valence-corrected chi connectivity index (χ2v) is 9.09. The Balaban J connectivity index is 1.83. The number of ketones is 1. The second-order valence-electron chi connectivity index (χ2n) is 9.09. The molecule has 0 aliphatic heterocycles. The standard InChI is InChI=1S/C20H28O3/c1-11-17-12(10-23-11)18-13(8-14(17)21)20(4)7-5-6-19(2,3)16(20)9-15(18)22/h10,13,15-16,18,22H,5-9H2,1-4H3/t13-,15-,16+,18-,20+/m1/s1. The zero-order valence-electron chi connectivity index (χ0n) is 14.7. The van der Waals surface area contributed by atoms with Crippen molar-refractivity contribution in [3.05, 3.63) is 23.2 Å². The number of furan rings is 1. The number of aliphatic hydroxyl groups excluding tert-OH is 1. The number of aryl methyl sites for hydroxylation is 1. The number of aliphatic hydroxyl groups is 1. The SMILES string of the molecule is Cc1occ2c1C(=O)C[C@@H]1[C@@H]2[C@H](O)C[C@H]2C(C)(C)CCC[C@@]12C. The van der Waals surface area contributed by atoms with E-state index >= 15 is 0 Å². The molecule has 0 saturated heterocycles. The number of hydrogen-bond donors (Lipinski definition) is 1. The van der Waals surface area contributed by atoms with Gasteiger partial charge in [-0.2, -0.15) is 0 Å². The molecule has 3 aliphatic rings. The number of carbonyl (C=O) groups excluding carboxylic acids is 1. The van der Waals surface area contributed by atoms with Crippen LogP contribution in [-0.4, -0.2) is 17.0 Å². The van der Waals surface area contributed by atoms with Gasteiger partial charge in [0.1, 0.15) is 5.76 Å². The highest BCUT2D eigenvalue weighted by atomic mass is 16.3. The number of carbonyl (C=O) groups is 1. The molecule has 1 aromatic heterocycles. The number of hydrogen-bond acceptors (Lipinski definition) is 3. The zero-order valence-corrected chi connectivity index (χ0v) is 14.7. The minimum absolute atomic E-state index is 0.0651. The van der Waals surface area contributed by atoms with Crippen molar-refractivity contribution >= 4 is 5.78 Å². The summed E-state index contributed by atoms with van der Waals surface area (Å²) in [7, 11) is 0. The minimum atomic E-state index is -0.362. The number of fused-ring (bicyclic) bond motifs is 5. The smallest absolute Gasteiger partial charge is 0.166 e. The van der Waals surface area contributed by atoms with E-state index in [1.165, 1.54) is 19.3 Å². The molecule has 0 bridgehead atoms. The van der Waals surface area contributed by atoms with Crippen molar-refractivity contribution in [1.29, 1.82) is 0 Å². The van der Waals surface area contributed by atoms with Gasteiger partial charge in [0.05, 0.1) is 17.9 Å². The molecule has 2 saturated carbocycles. The largest absolute Gasteiger partial charge is 0.469 e. The first-order valence-electron chi connectivity index (χ1n) is 9.05. The van der Waals surface area contributed by atoms with Crippen LogP contribution in [0.3, 0.4) is 0 Å². The molecule has 0 unspecified atom stereocenters. The molecule has 2 fully saturated rings. The van der Waals surface area contributed by atoms with E-state index in [0.717, 1.165) is 17.5 Å². The van der Waals surface area contributed by atoms with Crippen LogP contribution in [-0.2, 0) is 0 Å². The molecule has 0 radical (unpaired) electrons. The van der Waals surface area contributed by atoms with E-state index in [2.05, 4.69) is 20.8 Å². The fourth-order valence-corrected chi connectivity index (χ4v) is 6.43. The summed E-state index contributed by atoms with van der Waals surface area (Å²) in [5, 5.41) is 11.0. The maximum atomic E-state index is 12.8. The van der Waals surface area contributed by atoms with Crippen molar-refractivity contribution in [1.82, 2.24) is 0 Å². The van der Waals surface area contributed by atoms with Gasteiger partial charge >= 0.3 is 0 Å². The maximum Gasteiger partial charge on any atom is 0.166 e. The van der Waals surface area contributed by atoms with Crippen molar-refractivity contribution in [2.75, 3.05) is 0 Å². The third-order valence-corrected chi connectivity index (χ3v) is 7.49. The van der Waals surface area contributed by atoms with Crippen LogP contribution in [0.25, 0.3) is 0 Å². The predicted molar refractivity (Wildman–Crippen MR) is 88.5 cm³/mol. The lowest BCUT2D eigenvalue weighted by Crippen LogP contribution is -2.56. The molecule has 1 heterocycles. The summed E-state index contributed by atoms with van der Waals surface area (Å²) in [5.74, 6) is 1.72. The van der Waals surface area contributed by atoms with Crippen LogP contribution in [0.4, 0.5) is 0 Å². The molecule has 126 valence electrons. The highest BCUT2D eigenvalue weighted by Crippen LogP contribution is 2.65. The summed E-state index contributed by atoms with van der Waals surface area (Å²) in [6.45, 7) is 8.94. The minimum Gasteiger partial charge on any atom is -0.469 e. The molecule has 3 nitrogen and oxygen atoms in total. The molecule has 3 aliphatic carbocycles. The van der Waals surface area contributed by atoms with Gasteiger partial charge in [0.25, 0.3) is 0 Å². The van der Waals surface area contributed by atoms with Crippen molar-refractivity contribution in [3.63, 3.8) is 0 Å². The predicted octanol–water partition coefficient (Wildman–Crippen LogP) is 4.47. The summed E-state index contributed by atoms with van der Waals surface area (Å²) >= 11 is 0. The highest BCUT2D eigenvalue weighted by molar-refractivity contribution is 6.00. The Hall–Kier alpha value is -1.09. The van der Waals surface area contributed by atoms with Gasteiger partial charge in [-0.05, 0) is 48.9 Å². The van der Waals surface area contributed by atoms with Crippen molar-refractivity contribution < 1.29 is 14.3 Å². The lowest BCUT2D eigenvalue weighted by molar-refractivity contribution is -0.124. The van der Waals surface area contributed by atoms with Gasteiger partial charge in [-0.1, -0.05) is 27.2 Å². The van der Waals surface area contributed by atoms with E-state index in [0.29, 0.717) is 18.1 Å². The Morgan fingerprint density at radius 2 is 2.00 bits per heavy atom. The lowest BCUT2D eigenvalue weighted by Gasteiger charge is -2.61. The Kier molecular flexibility index (Phi) is 3.17. The van der Waals surface area contributed by atoms with Crippen LogP contribution in [0.5, 0.6) is 0 Å². The molecule has 0 spiro atoms. The fraction of sp³-hybridized carbons (Fsp3) is 0.750. The lowest BCUT2D eigenvalue weighted by atomic mass is 9.44. The fourth-order valence-electron chi connectivity index (χ4n) is 6.43. The Morgan fingerprint density at radius 1 is 1.26 bits per heavy atom. The summed E-state index contributed by atoms with van der Waals surface area (Å²) in [6, 6.07) is 0. The van der Waals surface area contributed by atoms with E-state index in [-0.39, 0.29) is 34.6 Å². The molecule has 0 aromatic carbocycles. The molecule has 23 heavy (non-hydrogen) atoms. The van der Waals surface area contributed by atoms with E-state index in [1.807, 2.05) is 6.92 Å². The molecule has 5 atom stereocenters. The topological polar surface area (TPSA) is 50.4 Å². The van der Waals surface area contributed by atoms with Crippen LogP contribution < -0.4 is 0 Å². The molecule has 0 amide bonds. The summed E-state index contributed by atoms with van der Waals surface area (Å²) in [6.07, 6.45) is 6.42. The van der Waals surface area contributed by atoms with E-state index in [4.69, 9.17) is 4.42 Å². The van der Waals surface area contributed by atoms with Crippen LogP contribution in [0, 0.1) is 29.6 Å². The Morgan fingerprint density at radius 3 is 2.74 bits per heavy atom. The Labute approximate surface area is 138 Å². The summed E-state index contributed by atoms with van der Waals surface area (Å²) in [4.78, 5) is 12.8. The van der Waals surface area contributed by atoms with Crippen LogP contribution >= 0.6 is 0 Å². The van der Waals surface area contributed by atoms with Gasteiger partial charge in [0, 0.05) is 17.9 Å². The van der Waals surface area contributed by atoms with E-state index < -0.39 is 0 Å². The molecule has 1 aromatic rings. The van der Waals surface area contributed by atoms with Crippen LogP contribution in [0.15, 0.2) is 10.7 Å². The molecule has 3 heteroatoms. The molecular formula is C20H28O3. The second kappa shape index (κ2) is 4.72. The quantitative estimate of drug-likeness (QED) is 0.768. The van der Waals surface area contributed by atoms with Crippen LogP contribution in [0.2, 0.25) is 0 Å². The summed E-state index contributed by atoms with van der Waals surface area (Å²) < 4.78 is 5.56. The van der Waals surface area contributed by atoms with Gasteiger partial charge in [0.2, 0.25) is 0 Å². The highest BCUT2D eigenvalue weighted by Gasteiger charge is 2.59. The summed E-state index contributed by atoms with van der Waals surface area (Å²) in [5.41, 5.74) is 2.11.